The van der Waals surface area contributed by atoms with Crippen molar-refractivity contribution in [2.45, 2.75) is 38.8 Å². The van der Waals surface area contributed by atoms with Crippen molar-refractivity contribution in [2.24, 2.45) is 0 Å². The van der Waals surface area contributed by atoms with Crippen LogP contribution in [-0.4, -0.2) is 55.3 Å². The van der Waals surface area contributed by atoms with Gasteiger partial charge in [0.05, 0.1) is 13.7 Å². The van der Waals surface area contributed by atoms with Crippen LogP contribution < -0.4 is 14.8 Å². The van der Waals surface area contributed by atoms with Crippen LogP contribution in [0.2, 0.25) is 0 Å². The number of hydrogen-bond donors (Lipinski definition) is 1. The minimum Gasteiger partial charge on any atom is -0.493 e. The van der Waals surface area contributed by atoms with Gasteiger partial charge in [0, 0.05) is 38.6 Å². The van der Waals surface area contributed by atoms with Gasteiger partial charge in [0.15, 0.2) is 11.4 Å². The third-order valence-corrected chi connectivity index (χ3v) is 3.68. The Kier molecular flexibility index (Phi) is 6.90. The monoisotopic (exact) mass is 366 g/mol. The van der Waals surface area contributed by atoms with E-state index in [1.807, 2.05) is 0 Å². The molecule has 9 nitrogen and oxygen atoms in total. The molecule has 1 aromatic heterocycles. The van der Waals surface area contributed by atoms with Crippen LogP contribution in [0.15, 0.2) is 12.3 Å². The Morgan fingerprint density at radius 3 is 2.73 bits per heavy atom. The summed E-state index contributed by atoms with van der Waals surface area (Å²) in [6, 6.07) is 0.556. The summed E-state index contributed by atoms with van der Waals surface area (Å²) in [5.74, 6) is -1.80. The standard InChI is InChI=1S/C17H22N2O7/c1-10-5-8-24-9-6-12(17(22)25-10)19-16(21)14-15(26-11(2)20)13(23-3)4-7-18-14/h4,7,10,12H,5-6,8-9H2,1-3H3,(H,19,21)/t10-,12-/m0/s1. The molecule has 9 heteroatoms. The Balaban J connectivity index is 2.22. The zero-order valence-corrected chi connectivity index (χ0v) is 14.9. The van der Waals surface area contributed by atoms with Crippen molar-refractivity contribution in [1.29, 1.82) is 0 Å². The molecule has 2 heterocycles. The topological polar surface area (TPSA) is 113 Å². The molecule has 1 aromatic rings. The highest BCUT2D eigenvalue weighted by molar-refractivity contribution is 5.98. The van der Waals surface area contributed by atoms with Crippen molar-refractivity contribution in [2.75, 3.05) is 20.3 Å². The zero-order valence-electron chi connectivity index (χ0n) is 14.9. The van der Waals surface area contributed by atoms with Gasteiger partial charge in [-0.25, -0.2) is 9.78 Å². The molecule has 0 aromatic carbocycles. The van der Waals surface area contributed by atoms with Gasteiger partial charge in [-0.05, 0) is 6.92 Å². The molecule has 0 unspecified atom stereocenters. The Bertz CT molecular complexity index is 677. The number of cyclic esters (lactones) is 1. The molecule has 26 heavy (non-hydrogen) atoms. The highest BCUT2D eigenvalue weighted by Gasteiger charge is 2.28. The molecule has 0 saturated carbocycles. The molecule has 1 amide bonds. The summed E-state index contributed by atoms with van der Waals surface area (Å²) in [6.45, 7) is 3.73. The van der Waals surface area contributed by atoms with Crippen LogP contribution in [-0.2, 0) is 19.1 Å². The van der Waals surface area contributed by atoms with E-state index in [1.165, 1.54) is 26.3 Å². The maximum Gasteiger partial charge on any atom is 0.329 e. The number of hydrogen-bond acceptors (Lipinski definition) is 8. The minimum atomic E-state index is -0.902. The Morgan fingerprint density at radius 2 is 2.04 bits per heavy atom. The summed E-state index contributed by atoms with van der Waals surface area (Å²) >= 11 is 0. The van der Waals surface area contributed by atoms with Crippen LogP contribution in [0.5, 0.6) is 11.5 Å². The molecule has 0 aliphatic carbocycles. The maximum atomic E-state index is 12.6. The third-order valence-electron chi connectivity index (χ3n) is 3.68. The Hall–Kier alpha value is -2.68. The molecule has 142 valence electrons. The van der Waals surface area contributed by atoms with Gasteiger partial charge in [0.1, 0.15) is 12.1 Å². The van der Waals surface area contributed by atoms with Crippen LogP contribution in [0.4, 0.5) is 0 Å². The maximum absolute atomic E-state index is 12.6. The van der Waals surface area contributed by atoms with Crippen LogP contribution in [0.25, 0.3) is 0 Å². The fraction of sp³-hybridized carbons (Fsp3) is 0.529. The molecule has 1 saturated heterocycles. The van der Waals surface area contributed by atoms with E-state index < -0.39 is 23.9 Å². The first-order chi connectivity index (χ1) is 12.4. The lowest BCUT2D eigenvalue weighted by Crippen LogP contribution is -2.43. The van der Waals surface area contributed by atoms with Crippen LogP contribution >= 0.6 is 0 Å². The van der Waals surface area contributed by atoms with E-state index in [2.05, 4.69) is 10.3 Å². The molecule has 0 spiro atoms. The van der Waals surface area contributed by atoms with E-state index >= 15 is 0 Å². The third kappa shape index (κ3) is 5.16. The van der Waals surface area contributed by atoms with E-state index in [4.69, 9.17) is 18.9 Å². The number of aromatic nitrogens is 1. The lowest BCUT2D eigenvalue weighted by atomic mass is 10.2. The number of methoxy groups -OCH3 is 1. The Labute approximate surface area is 151 Å². The van der Waals surface area contributed by atoms with Crippen molar-refractivity contribution in [3.8, 4) is 11.5 Å². The molecule has 1 aliphatic heterocycles. The normalized spacial score (nSPS) is 20.8. The summed E-state index contributed by atoms with van der Waals surface area (Å²) in [4.78, 5) is 40.2. The molecule has 2 atom stereocenters. The van der Waals surface area contributed by atoms with Crippen molar-refractivity contribution < 1.29 is 33.3 Å². The number of nitrogens with zero attached hydrogens (tertiary/aromatic N) is 1. The molecule has 1 aliphatic rings. The molecular formula is C17H22N2O7. The van der Waals surface area contributed by atoms with E-state index in [-0.39, 0.29) is 29.7 Å². The van der Waals surface area contributed by atoms with Gasteiger partial charge in [0.2, 0.25) is 5.75 Å². The highest BCUT2D eigenvalue weighted by atomic mass is 16.6. The number of pyridine rings is 1. The van der Waals surface area contributed by atoms with Gasteiger partial charge in [-0.15, -0.1) is 0 Å². The summed E-state index contributed by atoms with van der Waals surface area (Å²) in [5.41, 5.74) is -0.166. The average molecular weight is 366 g/mol. The van der Waals surface area contributed by atoms with Crippen LogP contribution in [0, 0.1) is 0 Å². The second kappa shape index (κ2) is 9.14. The molecule has 1 fully saturated rings. The summed E-state index contributed by atoms with van der Waals surface area (Å²) in [5, 5.41) is 2.56. The highest BCUT2D eigenvalue weighted by Crippen LogP contribution is 2.29. The van der Waals surface area contributed by atoms with Crippen molar-refractivity contribution >= 4 is 17.8 Å². The van der Waals surface area contributed by atoms with Crippen LogP contribution in [0.1, 0.15) is 37.2 Å². The Morgan fingerprint density at radius 1 is 1.31 bits per heavy atom. The first kappa shape index (κ1) is 19.6. The first-order valence-corrected chi connectivity index (χ1v) is 8.23. The van der Waals surface area contributed by atoms with Gasteiger partial charge in [-0.3, -0.25) is 9.59 Å². The van der Waals surface area contributed by atoms with E-state index in [9.17, 15) is 14.4 Å². The fourth-order valence-corrected chi connectivity index (χ4v) is 2.36. The number of carbonyl (C=O) groups excluding carboxylic acids is 3. The minimum absolute atomic E-state index is 0.110. The fourth-order valence-electron chi connectivity index (χ4n) is 2.36. The largest absolute Gasteiger partial charge is 0.493 e. The van der Waals surface area contributed by atoms with E-state index in [0.717, 1.165) is 0 Å². The number of carbonyl (C=O) groups is 3. The average Bonchev–Trinajstić information content (AvgIpc) is 2.66. The molecule has 0 bridgehead atoms. The van der Waals surface area contributed by atoms with Crippen LogP contribution in [0.3, 0.4) is 0 Å². The first-order valence-electron chi connectivity index (χ1n) is 8.23. The number of ether oxygens (including phenoxy) is 4. The van der Waals surface area contributed by atoms with Gasteiger partial charge in [-0.1, -0.05) is 0 Å². The SMILES string of the molecule is COc1ccnc(C(=O)N[C@H]2CCOCC[C@H](C)OC2=O)c1OC(C)=O. The smallest absolute Gasteiger partial charge is 0.329 e. The number of amides is 1. The lowest BCUT2D eigenvalue weighted by molar-refractivity contribution is -0.150. The van der Waals surface area contributed by atoms with E-state index in [0.29, 0.717) is 19.6 Å². The van der Waals surface area contributed by atoms with E-state index in [1.54, 1.807) is 6.92 Å². The van der Waals surface area contributed by atoms with Gasteiger partial charge in [0.25, 0.3) is 5.91 Å². The predicted octanol–water partition coefficient (Wildman–Crippen LogP) is 0.856. The predicted molar refractivity (Wildman–Crippen MR) is 89.0 cm³/mol. The summed E-state index contributed by atoms with van der Waals surface area (Å²) in [6.07, 6.45) is 1.87. The molecule has 2 rings (SSSR count). The molecule has 1 N–H and O–H groups in total. The summed E-state index contributed by atoms with van der Waals surface area (Å²) < 4.78 is 20.9. The van der Waals surface area contributed by atoms with Gasteiger partial charge < -0.3 is 24.3 Å². The molecular weight excluding hydrogens is 344 g/mol. The summed E-state index contributed by atoms with van der Waals surface area (Å²) in [7, 11) is 1.37. The number of nitrogens with one attached hydrogen (secondary N) is 1. The van der Waals surface area contributed by atoms with Crippen molar-refractivity contribution in [3.05, 3.63) is 18.0 Å². The quantitative estimate of drug-likeness (QED) is 0.781. The number of rotatable bonds is 4. The van der Waals surface area contributed by atoms with Gasteiger partial charge >= 0.3 is 11.9 Å². The zero-order chi connectivity index (χ0) is 19.1. The van der Waals surface area contributed by atoms with Gasteiger partial charge in [-0.2, -0.15) is 0 Å². The van der Waals surface area contributed by atoms with Crippen molar-refractivity contribution in [1.82, 2.24) is 10.3 Å². The molecule has 0 radical (unpaired) electrons. The second-order valence-electron chi connectivity index (χ2n) is 5.75. The second-order valence-corrected chi connectivity index (χ2v) is 5.75. The number of esters is 2. The van der Waals surface area contributed by atoms with Crippen molar-refractivity contribution in [3.63, 3.8) is 0 Å². The lowest BCUT2D eigenvalue weighted by Gasteiger charge is -2.19.